The van der Waals surface area contributed by atoms with Crippen LogP contribution >= 0.6 is 11.3 Å². The number of rotatable bonds is 6. The molecule has 3 heterocycles. The number of aromatic amines is 1. The summed E-state index contributed by atoms with van der Waals surface area (Å²) in [6.07, 6.45) is 1.74. The van der Waals surface area contributed by atoms with E-state index in [9.17, 15) is 0 Å². The van der Waals surface area contributed by atoms with E-state index >= 15 is 0 Å². The molecule has 7 nitrogen and oxygen atoms in total. The van der Waals surface area contributed by atoms with Crippen LogP contribution in [0.15, 0.2) is 41.9 Å². The van der Waals surface area contributed by atoms with Gasteiger partial charge < -0.3 is 24.5 Å². The van der Waals surface area contributed by atoms with Crippen molar-refractivity contribution in [1.29, 1.82) is 0 Å². The summed E-state index contributed by atoms with van der Waals surface area (Å²) < 4.78 is 16.2. The Hall–Kier alpha value is -3.26. The van der Waals surface area contributed by atoms with Gasteiger partial charge in [-0.25, -0.2) is 9.97 Å². The van der Waals surface area contributed by atoms with Gasteiger partial charge in [0.05, 0.1) is 31.7 Å². The van der Waals surface area contributed by atoms with Crippen LogP contribution in [-0.2, 0) is 0 Å². The van der Waals surface area contributed by atoms with E-state index in [1.807, 2.05) is 35.7 Å². The van der Waals surface area contributed by atoms with Crippen molar-refractivity contribution in [3.8, 4) is 28.0 Å². The Balaban J connectivity index is 1.75. The maximum absolute atomic E-state index is 5.41. The molecule has 0 radical (unpaired) electrons. The second kappa shape index (κ2) is 7.16. The fourth-order valence-electron chi connectivity index (χ4n) is 2.85. The summed E-state index contributed by atoms with van der Waals surface area (Å²) in [5.74, 6) is 3.12. The largest absolute Gasteiger partial charge is 0.493 e. The summed E-state index contributed by atoms with van der Waals surface area (Å²) in [5, 5.41) is 5.32. The second-order valence-corrected chi connectivity index (χ2v) is 6.61. The van der Waals surface area contributed by atoms with E-state index in [-0.39, 0.29) is 0 Å². The zero-order chi connectivity index (χ0) is 18.8. The van der Waals surface area contributed by atoms with Gasteiger partial charge in [0.2, 0.25) is 5.75 Å². The Kier molecular flexibility index (Phi) is 4.55. The summed E-state index contributed by atoms with van der Waals surface area (Å²) in [5.41, 5.74) is 2.42. The standard InChI is InChI=1S/C19H18N4O3S/c1-24-13-9-11(10-14(25-2)17(13)26-3)21-19-16-12(6-7-20-19)22-18(23-16)15-5-4-8-27-15/h4-10H,1-3H3,(H,20,21)(H,22,23). The minimum Gasteiger partial charge on any atom is -0.493 e. The van der Waals surface area contributed by atoms with E-state index in [0.717, 1.165) is 27.4 Å². The number of aromatic nitrogens is 3. The van der Waals surface area contributed by atoms with Crippen molar-refractivity contribution in [2.75, 3.05) is 26.6 Å². The molecular weight excluding hydrogens is 364 g/mol. The highest BCUT2D eigenvalue weighted by atomic mass is 32.1. The van der Waals surface area contributed by atoms with Crippen molar-refractivity contribution in [1.82, 2.24) is 15.0 Å². The lowest BCUT2D eigenvalue weighted by Crippen LogP contribution is -1.99. The van der Waals surface area contributed by atoms with Crippen LogP contribution in [0.3, 0.4) is 0 Å². The topological polar surface area (TPSA) is 81.3 Å². The SMILES string of the molecule is COc1cc(Nc2nccc3[nH]c(-c4cccs4)nc23)cc(OC)c1OC. The highest BCUT2D eigenvalue weighted by molar-refractivity contribution is 7.13. The number of thiophene rings is 1. The van der Waals surface area contributed by atoms with Crippen molar-refractivity contribution in [3.05, 3.63) is 41.9 Å². The lowest BCUT2D eigenvalue weighted by atomic mass is 10.2. The van der Waals surface area contributed by atoms with Gasteiger partial charge in [-0.3, -0.25) is 0 Å². The number of nitrogens with zero attached hydrogens (tertiary/aromatic N) is 2. The number of hydrogen-bond donors (Lipinski definition) is 2. The van der Waals surface area contributed by atoms with Crippen molar-refractivity contribution in [2.45, 2.75) is 0 Å². The van der Waals surface area contributed by atoms with Gasteiger partial charge in [-0.1, -0.05) is 6.07 Å². The molecule has 0 saturated heterocycles. The number of fused-ring (bicyclic) bond motifs is 1. The van der Waals surface area contributed by atoms with Gasteiger partial charge in [-0.05, 0) is 17.5 Å². The fraction of sp³-hybridized carbons (Fsp3) is 0.158. The Morgan fingerprint density at radius 3 is 2.44 bits per heavy atom. The molecule has 8 heteroatoms. The van der Waals surface area contributed by atoms with Crippen LogP contribution in [0.2, 0.25) is 0 Å². The van der Waals surface area contributed by atoms with Crippen molar-refractivity contribution in [3.63, 3.8) is 0 Å². The number of pyridine rings is 1. The van der Waals surface area contributed by atoms with Crippen LogP contribution in [0.5, 0.6) is 17.2 Å². The molecule has 0 atom stereocenters. The quantitative estimate of drug-likeness (QED) is 0.513. The minimum absolute atomic E-state index is 0.538. The number of hydrogen-bond acceptors (Lipinski definition) is 7. The Labute approximate surface area is 160 Å². The molecule has 0 bridgehead atoms. The van der Waals surface area contributed by atoms with Crippen LogP contribution in [0.25, 0.3) is 21.7 Å². The molecule has 0 fully saturated rings. The molecule has 1 aromatic carbocycles. The summed E-state index contributed by atoms with van der Waals surface area (Å²) in [6.45, 7) is 0. The maximum atomic E-state index is 5.41. The smallest absolute Gasteiger partial charge is 0.203 e. The lowest BCUT2D eigenvalue weighted by molar-refractivity contribution is 0.324. The Morgan fingerprint density at radius 1 is 1.04 bits per heavy atom. The highest BCUT2D eigenvalue weighted by Crippen LogP contribution is 2.41. The first-order valence-corrected chi connectivity index (χ1v) is 9.07. The molecule has 138 valence electrons. The van der Waals surface area contributed by atoms with Crippen molar-refractivity contribution in [2.24, 2.45) is 0 Å². The zero-order valence-corrected chi connectivity index (χ0v) is 15.9. The third-order valence-electron chi connectivity index (χ3n) is 4.08. The van der Waals surface area contributed by atoms with E-state index in [0.29, 0.717) is 23.1 Å². The molecule has 4 rings (SSSR count). The van der Waals surface area contributed by atoms with E-state index in [2.05, 4.69) is 15.3 Å². The van der Waals surface area contributed by atoms with Gasteiger partial charge in [0, 0.05) is 24.0 Å². The maximum Gasteiger partial charge on any atom is 0.203 e. The number of imidazole rings is 1. The molecule has 0 unspecified atom stereocenters. The van der Waals surface area contributed by atoms with Crippen LogP contribution < -0.4 is 19.5 Å². The van der Waals surface area contributed by atoms with E-state index < -0.39 is 0 Å². The second-order valence-electron chi connectivity index (χ2n) is 5.66. The normalized spacial score (nSPS) is 10.8. The molecule has 0 aliphatic heterocycles. The van der Waals surface area contributed by atoms with Gasteiger partial charge in [0.1, 0.15) is 11.3 Å². The Bertz CT molecular complexity index is 1050. The number of methoxy groups -OCH3 is 3. The van der Waals surface area contributed by atoms with Crippen molar-refractivity contribution < 1.29 is 14.2 Å². The van der Waals surface area contributed by atoms with Gasteiger partial charge in [-0.2, -0.15) is 0 Å². The monoisotopic (exact) mass is 382 g/mol. The molecule has 0 amide bonds. The predicted molar refractivity (Wildman–Crippen MR) is 107 cm³/mol. The van der Waals surface area contributed by atoms with E-state index in [1.165, 1.54) is 0 Å². The molecular formula is C19H18N4O3S. The average Bonchev–Trinajstić information content (AvgIpc) is 3.37. The summed E-state index contributed by atoms with van der Waals surface area (Å²) in [6, 6.07) is 9.59. The van der Waals surface area contributed by atoms with Gasteiger partial charge >= 0.3 is 0 Å². The van der Waals surface area contributed by atoms with Crippen LogP contribution in [0.4, 0.5) is 11.5 Å². The predicted octanol–water partition coefficient (Wildman–Crippen LogP) is 4.46. The summed E-state index contributed by atoms with van der Waals surface area (Å²) in [7, 11) is 4.74. The number of anilines is 2. The summed E-state index contributed by atoms with van der Waals surface area (Å²) in [4.78, 5) is 13.6. The average molecular weight is 382 g/mol. The highest BCUT2D eigenvalue weighted by Gasteiger charge is 2.15. The van der Waals surface area contributed by atoms with Gasteiger partial charge in [0.25, 0.3) is 0 Å². The first kappa shape index (κ1) is 17.2. The molecule has 4 aromatic rings. The minimum atomic E-state index is 0.538. The van der Waals surface area contributed by atoms with E-state index in [1.54, 1.807) is 38.9 Å². The number of benzene rings is 1. The zero-order valence-electron chi connectivity index (χ0n) is 15.1. The molecule has 0 aliphatic rings. The molecule has 3 aromatic heterocycles. The lowest BCUT2D eigenvalue weighted by Gasteiger charge is -2.15. The van der Waals surface area contributed by atoms with Gasteiger partial charge in [0.15, 0.2) is 17.3 Å². The number of H-pyrrole nitrogens is 1. The molecule has 0 aliphatic carbocycles. The first-order chi connectivity index (χ1) is 13.2. The van der Waals surface area contributed by atoms with Crippen LogP contribution in [-0.4, -0.2) is 36.3 Å². The fourth-order valence-corrected chi connectivity index (χ4v) is 3.52. The molecule has 2 N–H and O–H groups in total. The van der Waals surface area contributed by atoms with E-state index in [4.69, 9.17) is 19.2 Å². The van der Waals surface area contributed by atoms with Crippen LogP contribution in [0, 0.1) is 0 Å². The molecule has 0 spiro atoms. The Morgan fingerprint density at radius 2 is 1.81 bits per heavy atom. The third kappa shape index (κ3) is 3.15. The first-order valence-electron chi connectivity index (χ1n) is 8.19. The van der Waals surface area contributed by atoms with Gasteiger partial charge in [-0.15, -0.1) is 11.3 Å². The van der Waals surface area contributed by atoms with Crippen molar-refractivity contribution >= 4 is 33.9 Å². The summed E-state index contributed by atoms with van der Waals surface area (Å²) >= 11 is 1.63. The number of ether oxygens (including phenoxy) is 3. The van der Waals surface area contributed by atoms with Crippen LogP contribution in [0.1, 0.15) is 0 Å². The third-order valence-corrected chi connectivity index (χ3v) is 4.96. The molecule has 27 heavy (non-hydrogen) atoms. The number of nitrogens with one attached hydrogen (secondary N) is 2. The molecule has 0 saturated carbocycles.